The van der Waals surface area contributed by atoms with Gasteiger partial charge in [-0.15, -0.1) is 0 Å². The third kappa shape index (κ3) is 2.30. The number of nitrogen functional groups attached to an aromatic ring is 1. The number of rotatable bonds is 1. The number of nitrogens with zero attached hydrogens (tertiary/aromatic N) is 1. The van der Waals surface area contributed by atoms with E-state index in [2.05, 4.69) is 4.98 Å². The van der Waals surface area contributed by atoms with Crippen LogP contribution in [0.25, 0.3) is 11.1 Å². The Kier molecular flexibility index (Phi) is 2.98. The van der Waals surface area contributed by atoms with Crippen LogP contribution >= 0.6 is 0 Å². The first kappa shape index (κ1) is 12.4. The second-order valence-electron chi connectivity index (χ2n) is 3.94. The molecule has 0 amide bonds. The Labute approximate surface area is 102 Å². The topological polar surface area (TPSA) is 38.9 Å². The summed E-state index contributed by atoms with van der Waals surface area (Å²) in [5.41, 5.74) is 6.42. The van der Waals surface area contributed by atoms with Gasteiger partial charge in [-0.05, 0) is 24.6 Å². The molecule has 2 aromatic rings. The fourth-order valence-corrected chi connectivity index (χ4v) is 1.68. The molecule has 0 radical (unpaired) electrons. The van der Waals surface area contributed by atoms with E-state index in [4.69, 9.17) is 5.73 Å². The van der Waals surface area contributed by atoms with Crippen LogP contribution in [-0.2, 0) is 6.18 Å². The maximum absolute atomic E-state index is 12.9. The van der Waals surface area contributed by atoms with Gasteiger partial charge < -0.3 is 5.73 Å². The summed E-state index contributed by atoms with van der Waals surface area (Å²) >= 11 is 0. The molecule has 1 aromatic carbocycles. The summed E-state index contributed by atoms with van der Waals surface area (Å²) in [6.45, 7) is 1.70. The molecule has 5 heteroatoms. The third-order valence-corrected chi connectivity index (χ3v) is 2.67. The highest BCUT2D eigenvalue weighted by molar-refractivity contribution is 5.70. The van der Waals surface area contributed by atoms with Crippen molar-refractivity contribution in [3.05, 3.63) is 47.8 Å². The number of aryl methyl sites for hydroxylation is 1. The minimum absolute atomic E-state index is 0.0872. The second-order valence-corrected chi connectivity index (χ2v) is 3.94. The first-order valence-corrected chi connectivity index (χ1v) is 5.28. The molecule has 2 N–H and O–H groups in total. The number of alkyl halides is 3. The van der Waals surface area contributed by atoms with E-state index in [9.17, 15) is 13.2 Å². The molecule has 0 saturated heterocycles. The molecular weight excluding hydrogens is 241 g/mol. The van der Waals surface area contributed by atoms with Crippen LogP contribution in [0, 0.1) is 6.92 Å². The van der Waals surface area contributed by atoms with Crippen molar-refractivity contribution in [3.8, 4) is 11.1 Å². The van der Waals surface area contributed by atoms with Gasteiger partial charge in [0.15, 0.2) is 0 Å². The number of aromatic nitrogens is 1. The molecule has 0 aliphatic carbocycles. The summed E-state index contributed by atoms with van der Waals surface area (Å²) in [7, 11) is 0. The summed E-state index contributed by atoms with van der Waals surface area (Å²) in [4.78, 5) is 3.99. The summed E-state index contributed by atoms with van der Waals surface area (Å²) in [6.07, 6.45) is -2.99. The Morgan fingerprint density at radius 2 is 1.83 bits per heavy atom. The van der Waals surface area contributed by atoms with E-state index in [1.165, 1.54) is 24.4 Å². The monoisotopic (exact) mass is 252 g/mol. The lowest BCUT2D eigenvalue weighted by atomic mass is 10.0. The Morgan fingerprint density at radius 3 is 2.44 bits per heavy atom. The van der Waals surface area contributed by atoms with Gasteiger partial charge >= 0.3 is 6.18 Å². The molecule has 2 nitrogen and oxygen atoms in total. The number of halogens is 3. The Morgan fingerprint density at radius 1 is 1.17 bits per heavy atom. The fraction of sp³-hybridized carbons (Fsp3) is 0.154. The number of hydrogen-bond acceptors (Lipinski definition) is 2. The summed E-state index contributed by atoms with van der Waals surface area (Å²) < 4.78 is 38.6. The lowest BCUT2D eigenvalue weighted by molar-refractivity contribution is -0.137. The van der Waals surface area contributed by atoms with E-state index >= 15 is 0 Å². The van der Waals surface area contributed by atoms with Crippen molar-refractivity contribution in [1.29, 1.82) is 0 Å². The smallest absolute Gasteiger partial charge is 0.397 e. The van der Waals surface area contributed by atoms with Crippen LogP contribution in [0.3, 0.4) is 0 Å². The SMILES string of the molecule is Cc1ncc(-c2ccccc2C(F)(F)F)cc1N. The van der Waals surface area contributed by atoms with Gasteiger partial charge in [-0.3, -0.25) is 4.98 Å². The van der Waals surface area contributed by atoms with Gasteiger partial charge in [-0.1, -0.05) is 18.2 Å². The molecule has 18 heavy (non-hydrogen) atoms. The number of benzene rings is 1. The molecule has 0 aliphatic rings. The van der Waals surface area contributed by atoms with Gasteiger partial charge in [0.1, 0.15) is 0 Å². The van der Waals surface area contributed by atoms with Gasteiger partial charge in [-0.25, -0.2) is 0 Å². The van der Waals surface area contributed by atoms with Crippen LogP contribution in [0.4, 0.5) is 18.9 Å². The van der Waals surface area contributed by atoms with Crippen LogP contribution in [-0.4, -0.2) is 4.98 Å². The van der Waals surface area contributed by atoms with Crippen molar-refractivity contribution in [1.82, 2.24) is 4.98 Å². The number of nitrogens with two attached hydrogens (primary N) is 1. The minimum atomic E-state index is -4.39. The van der Waals surface area contributed by atoms with Crippen molar-refractivity contribution >= 4 is 5.69 Å². The lowest BCUT2D eigenvalue weighted by Gasteiger charge is -2.13. The minimum Gasteiger partial charge on any atom is -0.397 e. The molecule has 0 spiro atoms. The summed E-state index contributed by atoms with van der Waals surface area (Å²) in [6, 6.07) is 6.88. The van der Waals surface area contributed by atoms with E-state index in [1.54, 1.807) is 13.0 Å². The van der Waals surface area contributed by atoms with Crippen LogP contribution < -0.4 is 5.73 Å². The number of pyridine rings is 1. The van der Waals surface area contributed by atoms with Gasteiger partial charge in [0.05, 0.1) is 16.9 Å². The molecule has 0 bridgehead atoms. The van der Waals surface area contributed by atoms with E-state index in [1.807, 2.05) is 0 Å². The largest absolute Gasteiger partial charge is 0.417 e. The third-order valence-electron chi connectivity index (χ3n) is 2.67. The standard InChI is InChI=1S/C13H11F3N2/c1-8-12(17)6-9(7-18-8)10-4-2-3-5-11(10)13(14,15)16/h2-7H,17H2,1H3. The average molecular weight is 252 g/mol. The highest BCUT2D eigenvalue weighted by Crippen LogP contribution is 2.37. The van der Waals surface area contributed by atoms with Crippen LogP contribution in [0.15, 0.2) is 36.5 Å². The van der Waals surface area contributed by atoms with Crippen molar-refractivity contribution in [2.24, 2.45) is 0 Å². The molecule has 2 rings (SSSR count). The van der Waals surface area contributed by atoms with Crippen LogP contribution in [0.1, 0.15) is 11.3 Å². The predicted molar refractivity (Wildman–Crippen MR) is 63.8 cm³/mol. The molecule has 0 fully saturated rings. The number of hydrogen-bond donors (Lipinski definition) is 1. The normalized spacial score (nSPS) is 11.6. The Hall–Kier alpha value is -2.04. The molecule has 0 aliphatic heterocycles. The summed E-state index contributed by atoms with van der Waals surface area (Å²) in [5.74, 6) is 0. The maximum Gasteiger partial charge on any atom is 0.417 e. The summed E-state index contributed by atoms with van der Waals surface area (Å²) in [5, 5.41) is 0. The van der Waals surface area contributed by atoms with Crippen molar-refractivity contribution < 1.29 is 13.2 Å². The van der Waals surface area contributed by atoms with Gasteiger partial charge in [-0.2, -0.15) is 13.2 Å². The van der Waals surface area contributed by atoms with Gasteiger partial charge in [0.25, 0.3) is 0 Å². The Bertz CT molecular complexity index is 577. The van der Waals surface area contributed by atoms with E-state index < -0.39 is 11.7 Å². The second kappa shape index (κ2) is 4.33. The van der Waals surface area contributed by atoms with Gasteiger partial charge in [0, 0.05) is 11.8 Å². The highest BCUT2D eigenvalue weighted by Gasteiger charge is 2.33. The van der Waals surface area contributed by atoms with Crippen LogP contribution in [0.5, 0.6) is 0 Å². The predicted octanol–water partition coefficient (Wildman–Crippen LogP) is 3.66. The quantitative estimate of drug-likeness (QED) is 0.841. The lowest BCUT2D eigenvalue weighted by Crippen LogP contribution is -2.07. The first-order valence-electron chi connectivity index (χ1n) is 5.28. The zero-order valence-corrected chi connectivity index (χ0v) is 9.62. The van der Waals surface area contributed by atoms with Crippen molar-refractivity contribution in [2.75, 3.05) is 5.73 Å². The molecule has 0 unspecified atom stereocenters. The highest BCUT2D eigenvalue weighted by atomic mass is 19.4. The average Bonchev–Trinajstić information content (AvgIpc) is 2.32. The maximum atomic E-state index is 12.9. The van der Waals surface area contributed by atoms with Gasteiger partial charge in [0.2, 0.25) is 0 Å². The molecule has 0 atom stereocenters. The van der Waals surface area contributed by atoms with Crippen LogP contribution in [0.2, 0.25) is 0 Å². The molecular formula is C13H11F3N2. The van der Waals surface area contributed by atoms with E-state index in [-0.39, 0.29) is 5.56 Å². The molecule has 1 aromatic heterocycles. The first-order chi connectivity index (χ1) is 8.39. The zero-order chi connectivity index (χ0) is 13.3. The van der Waals surface area contributed by atoms with Crippen molar-refractivity contribution in [2.45, 2.75) is 13.1 Å². The van der Waals surface area contributed by atoms with E-state index in [0.29, 0.717) is 16.9 Å². The molecule has 1 heterocycles. The Balaban J connectivity index is 2.61. The van der Waals surface area contributed by atoms with E-state index in [0.717, 1.165) is 6.07 Å². The van der Waals surface area contributed by atoms with Crippen molar-refractivity contribution in [3.63, 3.8) is 0 Å². The number of anilines is 1. The molecule has 94 valence electrons. The zero-order valence-electron chi connectivity index (χ0n) is 9.62. The molecule has 0 saturated carbocycles. The fourth-order valence-electron chi connectivity index (χ4n) is 1.68.